The second-order valence-electron chi connectivity index (χ2n) is 5.55. The molecule has 104 valence electrons. The molecular formula is C21H20. The molecule has 3 aromatic carbocycles. The van der Waals surface area contributed by atoms with E-state index >= 15 is 0 Å². The normalized spacial score (nSPS) is 10.6. The maximum Gasteiger partial charge on any atom is -0.00230 e. The van der Waals surface area contributed by atoms with Crippen LogP contribution in [-0.2, 0) is 6.42 Å². The first-order chi connectivity index (χ1) is 10.3. The highest BCUT2D eigenvalue weighted by atomic mass is 14.1. The second kappa shape index (κ2) is 5.97. The van der Waals surface area contributed by atoms with E-state index in [1.54, 1.807) is 0 Å². The zero-order valence-electron chi connectivity index (χ0n) is 12.6. The van der Waals surface area contributed by atoms with Crippen LogP contribution in [0.4, 0.5) is 0 Å². The first-order valence-electron chi connectivity index (χ1n) is 7.44. The number of hydrogen-bond donors (Lipinski definition) is 0. The van der Waals surface area contributed by atoms with Gasteiger partial charge in [-0.3, -0.25) is 0 Å². The Hall–Kier alpha value is -2.34. The third-order valence-electron chi connectivity index (χ3n) is 4.22. The molecule has 0 atom stereocenters. The van der Waals surface area contributed by atoms with E-state index in [-0.39, 0.29) is 0 Å². The summed E-state index contributed by atoms with van der Waals surface area (Å²) < 4.78 is 0. The Morgan fingerprint density at radius 2 is 1.24 bits per heavy atom. The van der Waals surface area contributed by atoms with Crippen molar-refractivity contribution >= 4 is 0 Å². The summed E-state index contributed by atoms with van der Waals surface area (Å²) in [5, 5.41) is 0. The van der Waals surface area contributed by atoms with Crippen LogP contribution < -0.4 is 0 Å². The van der Waals surface area contributed by atoms with E-state index in [0.717, 1.165) is 6.42 Å². The van der Waals surface area contributed by atoms with Gasteiger partial charge in [0.1, 0.15) is 0 Å². The maximum atomic E-state index is 2.28. The fourth-order valence-electron chi connectivity index (χ4n) is 2.81. The summed E-state index contributed by atoms with van der Waals surface area (Å²) in [6, 6.07) is 25.8. The van der Waals surface area contributed by atoms with Crippen LogP contribution in [-0.4, -0.2) is 0 Å². The molecule has 0 nitrogen and oxygen atoms in total. The lowest BCUT2D eigenvalue weighted by Crippen LogP contribution is -1.96. The average molecular weight is 272 g/mol. The number of hydrogen-bond acceptors (Lipinski definition) is 0. The molecular weight excluding hydrogens is 252 g/mol. The van der Waals surface area contributed by atoms with Gasteiger partial charge in [-0.15, -0.1) is 0 Å². The molecule has 0 saturated heterocycles. The molecule has 3 aromatic rings. The van der Waals surface area contributed by atoms with Crippen LogP contribution >= 0.6 is 0 Å². The highest BCUT2D eigenvalue weighted by Gasteiger charge is 2.08. The number of benzene rings is 3. The van der Waals surface area contributed by atoms with Crippen molar-refractivity contribution in [1.29, 1.82) is 0 Å². The monoisotopic (exact) mass is 272 g/mol. The number of rotatable bonds is 3. The van der Waals surface area contributed by atoms with E-state index in [4.69, 9.17) is 0 Å². The Balaban J connectivity index is 1.97. The van der Waals surface area contributed by atoms with Gasteiger partial charge in [-0.2, -0.15) is 0 Å². The zero-order chi connectivity index (χ0) is 14.7. The van der Waals surface area contributed by atoms with Crippen LogP contribution in [0.1, 0.15) is 22.3 Å². The van der Waals surface area contributed by atoms with E-state index in [0.29, 0.717) is 0 Å². The first kappa shape index (κ1) is 13.6. The van der Waals surface area contributed by atoms with E-state index in [1.165, 1.54) is 33.4 Å². The van der Waals surface area contributed by atoms with Gasteiger partial charge < -0.3 is 0 Å². The molecule has 21 heavy (non-hydrogen) atoms. The van der Waals surface area contributed by atoms with Crippen LogP contribution in [0.15, 0.2) is 72.8 Å². The van der Waals surface area contributed by atoms with Gasteiger partial charge in [0.15, 0.2) is 0 Å². The van der Waals surface area contributed by atoms with Crippen LogP contribution in [0, 0.1) is 13.8 Å². The van der Waals surface area contributed by atoms with Crippen molar-refractivity contribution < 1.29 is 0 Å². The topological polar surface area (TPSA) is 0 Å². The van der Waals surface area contributed by atoms with Crippen molar-refractivity contribution in [3.8, 4) is 11.1 Å². The molecule has 0 amide bonds. The first-order valence-corrected chi connectivity index (χ1v) is 7.44. The standard InChI is InChI=1S/C21H20/c1-16-17(2)21(19-11-7-4-8-12-19)14-13-20(16)15-18-9-5-3-6-10-18/h3-14H,15H2,1-2H3. The van der Waals surface area contributed by atoms with Gasteiger partial charge in [-0.1, -0.05) is 72.8 Å². The summed E-state index contributed by atoms with van der Waals surface area (Å²) in [5.41, 5.74) is 8.20. The van der Waals surface area contributed by atoms with Crippen molar-refractivity contribution in [2.45, 2.75) is 20.3 Å². The highest BCUT2D eigenvalue weighted by Crippen LogP contribution is 2.28. The van der Waals surface area contributed by atoms with E-state index in [2.05, 4.69) is 86.6 Å². The predicted molar refractivity (Wildman–Crippen MR) is 90.6 cm³/mol. The maximum absolute atomic E-state index is 2.28. The third kappa shape index (κ3) is 2.90. The smallest absolute Gasteiger partial charge is 0.00230 e. The van der Waals surface area contributed by atoms with Gasteiger partial charge >= 0.3 is 0 Å². The van der Waals surface area contributed by atoms with Gasteiger partial charge in [-0.25, -0.2) is 0 Å². The molecule has 0 heteroatoms. The summed E-state index contributed by atoms with van der Waals surface area (Å²) in [4.78, 5) is 0. The largest absolute Gasteiger partial charge is 0.0622 e. The van der Waals surface area contributed by atoms with Crippen molar-refractivity contribution in [3.05, 3.63) is 95.1 Å². The van der Waals surface area contributed by atoms with Crippen molar-refractivity contribution in [2.75, 3.05) is 0 Å². The quantitative estimate of drug-likeness (QED) is 0.585. The molecule has 3 rings (SSSR count). The molecule has 0 radical (unpaired) electrons. The molecule has 0 aliphatic heterocycles. The molecule has 0 aromatic heterocycles. The van der Waals surface area contributed by atoms with Gasteiger partial charge in [0, 0.05) is 0 Å². The Labute approximate surface area is 127 Å². The summed E-state index contributed by atoms with van der Waals surface area (Å²) >= 11 is 0. The molecule has 0 spiro atoms. The van der Waals surface area contributed by atoms with Crippen LogP contribution in [0.3, 0.4) is 0 Å². The molecule has 0 N–H and O–H groups in total. The summed E-state index contributed by atoms with van der Waals surface area (Å²) in [7, 11) is 0. The SMILES string of the molecule is Cc1c(Cc2ccccc2)ccc(-c2ccccc2)c1C. The summed E-state index contributed by atoms with van der Waals surface area (Å²) in [6.45, 7) is 4.46. The Morgan fingerprint density at radius 3 is 1.90 bits per heavy atom. The molecule has 0 saturated carbocycles. The second-order valence-corrected chi connectivity index (χ2v) is 5.55. The van der Waals surface area contributed by atoms with Gasteiger partial charge in [0.2, 0.25) is 0 Å². The van der Waals surface area contributed by atoms with E-state index in [1.807, 2.05) is 0 Å². The Morgan fingerprint density at radius 1 is 0.619 bits per heavy atom. The van der Waals surface area contributed by atoms with E-state index < -0.39 is 0 Å². The van der Waals surface area contributed by atoms with E-state index in [9.17, 15) is 0 Å². The predicted octanol–water partition coefficient (Wildman–Crippen LogP) is 5.56. The summed E-state index contributed by atoms with van der Waals surface area (Å²) in [6.07, 6.45) is 1.00. The van der Waals surface area contributed by atoms with Gasteiger partial charge in [-0.05, 0) is 53.6 Å². The Bertz CT molecular complexity index is 725. The lowest BCUT2D eigenvalue weighted by atomic mass is 9.91. The fourth-order valence-corrected chi connectivity index (χ4v) is 2.81. The van der Waals surface area contributed by atoms with Crippen molar-refractivity contribution in [3.63, 3.8) is 0 Å². The minimum atomic E-state index is 1.00. The fraction of sp³-hybridized carbons (Fsp3) is 0.143. The zero-order valence-corrected chi connectivity index (χ0v) is 12.6. The molecule has 0 bridgehead atoms. The van der Waals surface area contributed by atoms with Crippen molar-refractivity contribution in [1.82, 2.24) is 0 Å². The lowest BCUT2D eigenvalue weighted by molar-refractivity contribution is 1.14. The lowest BCUT2D eigenvalue weighted by Gasteiger charge is -2.14. The Kier molecular flexibility index (Phi) is 3.87. The highest BCUT2D eigenvalue weighted by molar-refractivity contribution is 5.69. The van der Waals surface area contributed by atoms with Crippen LogP contribution in [0.2, 0.25) is 0 Å². The minimum Gasteiger partial charge on any atom is -0.0622 e. The molecule has 0 heterocycles. The van der Waals surface area contributed by atoms with Crippen LogP contribution in [0.25, 0.3) is 11.1 Å². The minimum absolute atomic E-state index is 1.00. The molecule has 0 fully saturated rings. The summed E-state index contributed by atoms with van der Waals surface area (Å²) in [5.74, 6) is 0. The van der Waals surface area contributed by atoms with Gasteiger partial charge in [0.05, 0.1) is 0 Å². The van der Waals surface area contributed by atoms with Crippen LogP contribution in [0.5, 0.6) is 0 Å². The average Bonchev–Trinajstić information content (AvgIpc) is 2.54. The molecule has 0 unspecified atom stereocenters. The molecule has 0 aliphatic carbocycles. The molecule has 0 aliphatic rings. The third-order valence-corrected chi connectivity index (χ3v) is 4.22. The van der Waals surface area contributed by atoms with Crippen molar-refractivity contribution in [2.24, 2.45) is 0 Å². The van der Waals surface area contributed by atoms with Gasteiger partial charge in [0.25, 0.3) is 0 Å².